The first-order chi connectivity index (χ1) is 9.51. The van der Waals surface area contributed by atoms with Crippen molar-refractivity contribution >= 4 is 17.6 Å². The van der Waals surface area contributed by atoms with Crippen molar-refractivity contribution < 1.29 is 14.6 Å². The van der Waals surface area contributed by atoms with E-state index in [1.165, 1.54) is 0 Å². The zero-order valence-electron chi connectivity index (χ0n) is 11.9. The molecular weight excluding hydrogens is 278 g/mol. The number of benzene rings is 1. The van der Waals surface area contributed by atoms with Gasteiger partial charge in [0, 0.05) is 18.7 Å². The van der Waals surface area contributed by atoms with Gasteiger partial charge >= 0.3 is 5.97 Å². The lowest BCUT2D eigenvalue weighted by Crippen LogP contribution is -2.38. The average Bonchev–Trinajstić information content (AvgIpc) is 2.38. The SMILES string of the molecule is COc1c(Cl)cc(C)cc1CN1CCCC(C(=O)O)C1. The highest BCUT2D eigenvalue weighted by Gasteiger charge is 2.26. The second kappa shape index (κ2) is 6.46. The molecule has 1 aliphatic rings. The van der Waals surface area contributed by atoms with Crippen LogP contribution in [0, 0.1) is 12.8 Å². The largest absolute Gasteiger partial charge is 0.495 e. The summed E-state index contributed by atoms with van der Waals surface area (Å²) in [5, 5.41) is 9.74. The Kier molecular flexibility index (Phi) is 4.89. The Morgan fingerprint density at radius 1 is 1.55 bits per heavy atom. The van der Waals surface area contributed by atoms with Crippen LogP contribution in [0.25, 0.3) is 0 Å². The third-order valence-electron chi connectivity index (χ3n) is 3.72. The van der Waals surface area contributed by atoms with Crippen molar-refractivity contribution in [2.75, 3.05) is 20.2 Å². The highest BCUT2D eigenvalue weighted by Crippen LogP contribution is 2.31. The highest BCUT2D eigenvalue weighted by molar-refractivity contribution is 6.32. The number of nitrogens with zero attached hydrogens (tertiary/aromatic N) is 1. The average molecular weight is 298 g/mol. The summed E-state index contributed by atoms with van der Waals surface area (Å²) in [6, 6.07) is 3.93. The number of hydrogen-bond donors (Lipinski definition) is 1. The van der Waals surface area contributed by atoms with Gasteiger partial charge in [0.05, 0.1) is 18.1 Å². The van der Waals surface area contributed by atoms with Crippen molar-refractivity contribution in [1.29, 1.82) is 0 Å². The van der Waals surface area contributed by atoms with Crippen molar-refractivity contribution in [1.82, 2.24) is 4.90 Å². The van der Waals surface area contributed by atoms with Crippen LogP contribution in [0.4, 0.5) is 0 Å². The molecule has 20 heavy (non-hydrogen) atoms. The molecule has 0 aromatic heterocycles. The number of aryl methyl sites for hydroxylation is 1. The van der Waals surface area contributed by atoms with Crippen molar-refractivity contribution in [3.8, 4) is 5.75 Å². The smallest absolute Gasteiger partial charge is 0.307 e. The Hall–Kier alpha value is -1.26. The highest BCUT2D eigenvalue weighted by atomic mass is 35.5. The Labute approximate surface area is 124 Å². The molecule has 1 unspecified atom stereocenters. The monoisotopic (exact) mass is 297 g/mol. The minimum Gasteiger partial charge on any atom is -0.495 e. The van der Waals surface area contributed by atoms with E-state index in [1.807, 2.05) is 13.0 Å². The summed E-state index contributed by atoms with van der Waals surface area (Å²) in [4.78, 5) is 13.3. The van der Waals surface area contributed by atoms with Gasteiger partial charge in [0.25, 0.3) is 0 Å². The van der Waals surface area contributed by atoms with Gasteiger partial charge < -0.3 is 9.84 Å². The lowest BCUT2D eigenvalue weighted by atomic mass is 9.97. The maximum atomic E-state index is 11.1. The summed E-state index contributed by atoms with van der Waals surface area (Å²) < 4.78 is 5.37. The van der Waals surface area contributed by atoms with Crippen LogP contribution in [-0.2, 0) is 11.3 Å². The summed E-state index contributed by atoms with van der Waals surface area (Å²) in [6.45, 7) is 4.17. The number of likely N-dealkylation sites (tertiary alicyclic amines) is 1. The second-order valence-corrected chi connectivity index (χ2v) is 5.76. The number of hydrogen-bond acceptors (Lipinski definition) is 3. The fourth-order valence-corrected chi connectivity index (χ4v) is 3.16. The lowest BCUT2D eigenvalue weighted by Gasteiger charge is -2.31. The fraction of sp³-hybridized carbons (Fsp3) is 0.533. The molecule has 1 saturated heterocycles. The van der Waals surface area contributed by atoms with E-state index in [0.29, 0.717) is 23.9 Å². The minimum atomic E-state index is -0.705. The van der Waals surface area contributed by atoms with E-state index in [2.05, 4.69) is 11.0 Å². The molecule has 110 valence electrons. The number of piperidine rings is 1. The Bertz CT molecular complexity index is 504. The van der Waals surface area contributed by atoms with Crippen LogP contribution < -0.4 is 4.74 Å². The molecule has 1 aromatic rings. The van der Waals surface area contributed by atoms with E-state index in [0.717, 1.165) is 30.5 Å². The quantitative estimate of drug-likeness (QED) is 0.928. The van der Waals surface area contributed by atoms with Gasteiger partial charge in [0.15, 0.2) is 0 Å². The molecule has 0 aliphatic carbocycles. The van der Waals surface area contributed by atoms with E-state index in [1.54, 1.807) is 7.11 Å². The normalized spacial score (nSPS) is 19.9. The zero-order chi connectivity index (χ0) is 14.7. The number of halogens is 1. The van der Waals surface area contributed by atoms with Gasteiger partial charge in [0.1, 0.15) is 5.75 Å². The summed E-state index contributed by atoms with van der Waals surface area (Å²) in [5.41, 5.74) is 2.10. The molecular formula is C15H20ClNO3. The molecule has 1 heterocycles. The third-order valence-corrected chi connectivity index (χ3v) is 4.00. The fourth-order valence-electron chi connectivity index (χ4n) is 2.79. The van der Waals surface area contributed by atoms with E-state index in [4.69, 9.17) is 21.4 Å². The molecule has 1 aliphatic heterocycles. The molecule has 0 bridgehead atoms. The number of carboxylic acids is 1. The van der Waals surface area contributed by atoms with Crippen LogP contribution in [0.15, 0.2) is 12.1 Å². The molecule has 1 aromatic carbocycles. The van der Waals surface area contributed by atoms with Crippen LogP contribution >= 0.6 is 11.6 Å². The maximum Gasteiger partial charge on any atom is 0.307 e. The van der Waals surface area contributed by atoms with E-state index < -0.39 is 5.97 Å². The first-order valence-electron chi connectivity index (χ1n) is 6.79. The van der Waals surface area contributed by atoms with Gasteiger partial charge in [-0.1, -0.05) is 17.7 Å². The molecule has 0 amide bonds. The second-order valence-electron chi connectivity index (χ2n) is 5.35. The predicted molar refractivity (Wildman–Crippen MR) is 78.4 cm³/mol. The Balaban J connectivity index is 2.15. The first kappa shape index (κ1) is 15.1. The molecule has 1 fully saturated rings. The number of aliphatic carboxylic acids is 1. The van der Waals surface area contributed by atoms with Gasteiger partial charge in [0.2, 0.25) is 0 Å². The van der Waals surface area contributed by atoms with Gasteiger partial charge in [-0.3, -0.25) is 9.69 Å². The molecule has 4 nitrogen and oxygen atoms in total. The number of methoxy groups -OCH3 is 1. The van der Waals surface area contributed by atoms with E-state index >= 15 is 0 Å². The lowest BCUT2D eigenvalue weighted by molar-refractivity contribution is -0.143. The number of carboxylic acid groups (broad SMARTS) is 1. The van der Waals surface area contributed by atoms with Crippen molar-refractivity contribution in [2.24, 2.45) is 5.92 Å². The van der Waals surface area contributed by atoms with Crippen LogP contribution in [0.1, 0.15) is 24.0 Å². The summed E-state index contributed by atoms with van der Waals surface area (Å²) in [7, 11) is 1.61. The molecule has 5 heteroatoms. The molecule has 2 rings (SSSR count). The summed E-state index contributed by atoms with van der Waals surface area (Å²) in [5.74, 6) is -0.284. The molecule has 1 atom stereocenters. The standard InChI is InChI=1S/C15H20ClNO3/c1-10-6-12(14(20-2)13(16)7-10)9-17-5-3-4-11(8-17)15(18)19/h6-7,11H,3-5,8-9H2,1-2H3,(H,18,19). The molecule has 1 N–H and O–H groups in total. The van der Waals surface area contributed by atoms with Gasteiger partial charge in [-0.25, -0.2) is 0 Å². The molecule has 0 spiro atoms. The van der Waals surface area contributed by atoms with Crippen LogP contribution in [0.3, 0.4) is 0 Å². The van der Waals surface area contributed by atoms with Crippen LogP contribution in [0.2, 0.25) is 5.02 Å². The number of ether oxygens (including phenoxy) is 1. The van der Waals surface area contributed by atoms with Crippen molar-refractivity contribution in [3.63, 3.8) is 0 Å². The third kappa shape index (κ3) is 3.44. The van der Waals surface area contributed by atoms with Gasteiger partial charge in [-0.05, 0) is 37.9 Å². The minimum absolute atomic E-state index is 0.268. The van der Waals surface area contributed by atoms with Gasteiger partial charge in [-0.15, -0.1) is 0 Å². The zero-order valence-corrected chi connectivity index (χ0v) is 12.6. The molecule has 0 saturated carbocycles. The Morgan fingerprint density at radius 2 is 2.30 bits per heavy atom. The topological polar surface area (TPSA) is 49.8 Å². The Morgan fingerprint density at radius 3 is 2.95 bits per heavy atom. The van der Waals surface area contributed by atoms with E-state index in [-0.39, 0.29) is 5.92 Å². The van der Waals surface area contributed by atoms with Crippen molar-refractivity contribution in [3.05, 3.63) is 28.3 Å². The first-order valence-corrected chi connectivity index (χ1v) is 7.17. The van der Waals surface area contributed by atoms with Crippen LogP contribution in [0.5, 0.6) is 5.75 Å². The predicted octanol–water partition coefficient (Wildman–Crippen LogP) is 2.95. The maximum absolute atomic E-state index is 11.1. The van der Waals surface area contributed by atoms with Gasteiger partial charge in [-0.2, -0.15) is 0 Å². The number of rotatable bonds is 4. The number of carbonyl (C=O) groups is 1. The van der Waals surface area contributed by atoms with Crippen molar-refractivity contribution in [2.45, 2.75) is 26.3 Å². The summed E-state index contributed by atoms with van der Waals surface area (Å²) in [6.07, 6.45) is 1.68. The van der Waals surface area contributed by atoms with E-state index in [9.17, 15) is 4.79 Å². The molecule has 0 radical (unpaired) electrons. The summed E-state index contributed by atoms with van der Waals surface area (Å²) >= 11 is 6.19. The van der Waals surface area contributed by atoms with Crippen LogP contribution in [-0.4, -0.2) is 36.2 Å².